The molecule has 0 heterocycles. The summed E-state index contributed by atoms with van der Waals surface area (Å²) in [6, 6.07) is 5.80. The first-order chi connectivity index (χ1) is 14.9. The molecule has 0 radical (unpaired) electrons. The highest BCUT2D eigenvalue weighted by molar-refractivity contribution is 6.04. The molecule has 4 heteroatoms. The Morgan fingerprint density at radius 1 is 1.10 bits per heavy atom. The number of hydrogen-bond donors (Lipinski definition) is 0. The summed E-state index contributed by atoms with van der Waals surface area (Å²) in [6.07, 6.45) is 12.0. The summed E-state index contributed by atoms with van der Waals surface area (Å²) in [6.45, 7) is 5.68. The van der Waals surface area contributed by atoms with E-state index in [2.05, 4.69) is 13.5 Å². The number of hydrogen-bond acceptors (Lipinski definition) is 2. The van der Waals surface area contributed by atoms with Gasteiger partial charge in [-0.2, -0.15) is 8.78 Å². The molecule has 2 nitrogen and oxygen atoms in total. The summed E-state index contributed by atoms with van der Waals surface area (Å²) in [5.74, 6) is 1.91. The van der Waals surface area contributed by atoms with E-state index in [1.807, 2.05) is 0 Å². The lowest BCUT2D eigenvalue weighted by molar-refractivity contribution is -0.145. The van der Waals surface area contributed by atoms with Crippen LogP contribution in [0.3, 0.4) is 0 Å². The Bertz CT molecular complexity index is 758. The fraction of sp³-hybridized carbons (Fsp3) is 0.593. The van der Waals surface area contributed by atoms with E-state index >= 15 is 0 Å². The Labute approximate surface area is 185 Å². The Hall–Kier alpha value is -1.97. The van der Waals surface area contributed by atoms with E-state index in [-0.39, 0.29) is 17.1 Å². The molecule has 1 aromatic carbocycles. The minimum absolute atomic E-state index is 0.0648. The molecule has 0 bridgehead atoms. The number of carbonyl (C=O) groups excluding carboxylic acids is 1. The molecule has 1 aromatic rings. The molecule has 31 heavy (non-hydrogen) atoms. The van der Waals surface area contributed by atoms with Gasteiger partial charge in [0.15, 0.2) is 5.78 Å². The van der Waals surface area contributed by atoms with E-state index in [4.69, 9.17) is 4.74 Å². The van der Waals surface area contributed by atoms with Gasteiger partial charge in [-0.05, 0) is 80.2 Å². The van der Waals surface area contributed by atoms with Gasteiger partial charge in [0, 0.05) is 11.1 Å². The first-order valence-corrected chi connectivity index (χ1v) is 12.0. The van der Waals surface area contributed by atoms with Crippen LogP contribution in [0.25, 0.3) is 0 Å². The predicted molar refractivity (Wildman–Crippen MR) is 122 cm³/mol. The first kappa shape index (κ1) is 23.7. The molecule has 1 unspecified atom stereocenters. The Morgan fingerprint density at radius 2 is 1.81 bits per heavy atom. The number of allylic oxidation sites excluding steroid dienone is 2. The number of carbonyl (C=O) groups is 1. The summed E-state index contributed by atoms with van der Waals surface area (Å²) in [5, 5.41) is 0. The topological polar surface area (TPSA) is 26.3 Å². The van der Waals surface area contributed by atoms with Gasteiger partial charge in [0.1, 0.15) is 5.75 Å². The number of halogens is 2. The van der Waals surface area contributed by atoms with Gasteiger partial charge in [0.25, 0.3) is 0 Å². The maximum absolute atomic E-state index is 14.7. The van der Waals surface area contributed by atoms with Crippen molar-refractivity contribution in [1.82, 2.24) is 0 Å². The second-order valence-corrected chi connectivity index (χ2v) is 9.25. The van der Waals surface area contributed by atoms with E-state index in [0.29, 0.717) is 23.8 Å². The fourth-order valence-electron chi connectivity index (χ4n) is 5.20. The summed E-state index contributed by atoms with van der Waals surface area (Å²) >= 11 is 0. The molecular weight excluding hydrogens is 394 g/mol. The van der Waals surface area contributed by atoms with E-state index in [1.54, 1.807) is 6.08 Å². The van der Waals surface area contributed by atoms with Gasteiger partial charge in [-0.3, -0.25) is 4.79 Å². The zero-order valence-corrected chi connectivity index (χ0v) is 18.8. The number of benzene rings is 1. The Morgan fingerprint density at radius 3 is 2.39 bits per heavy atom. The number of rotatable bonds is 10. The van der Waals surface area contributed by atoms with Crippen molar-refractivity contribution in [3.8, 4) is 5.75 Å². The van der Waals surface area contributed by atoms with Gasteiger partial charge in [0.05, 0.1) is 0 Å². The molecule has 1 saturated carbocycles. The maximum atomic E-state index is 14.7. The largest absolute Gasteiger partial charge is 0.429 e. The lowest BCUT2D eigenvalue weighted by Gasteiger charge is -2.36. The van der Waals surface area contributed by atoms with Crippen LogP contribution in [0.5, 0.6) is 5.75 Å². The average molecular weight is 431 g/mol. The Kier molecular flexibility index (Phi) is 8.45. The SMILES string of the molecule is C=CC(=O)c1ccc(OC(F)(F)C2=CCC(C3CCC(CCCCC)CC3)CC2)cc1. The molecule has 2 aliphatic rings. The van der Waals surface area contributed by atoms with Crippen LogP contribution in [0.1, 0.15) is 87.9 Å². The van der Waals surface area contributed by atoms with Gasteiger partial charge in [0.2, 0.25) is 0 Å². The highest BCUT2D eigenvalue weighted by atomic mass is 19.3. The van der Waals surface area contributed by atoms with Crippen molar-refractivity contribution >= 4 is 5.78 Å². The van der Waals surface area contributed by atoms with Crippen molar-refractivity contribution in [1.29, 1.82) is 0 Å². The van der Waals surface area contributed by atoms with Crippen LogP contribution in [0.4, 0.5) is 8.78 Å². The van der Waals surface area contributed by atoms with Crippen molar-refractivity contribution in [2.75, 3.05) is 0 Å². The molecule has 0 saturated heterocycles. The van der Waals surface area contributed by atoms with Crippen molar-refractivity contribution in [2.45, 2.75) is 83.7 Å². The maximum Gasteiger partial charge on any atom is 0.422 e. The van der Waals surface area contributed by atoms with Crippen LogP contribution in [-0.2, 0) is 0 Å². The molecule has 170 valence electrons. The summed E-state index contributed by atoms with van der Waals surface area (Å²) in [4.78, 5) is 11.6. The number of ether oxygens (including phenoxy) is 1. The summed E-state index contributed by atoms with van der Waals surface area (Å²) in [7, 11) is 0. The Balaban J connectivity index is 1.50. The number of unbranched alkanes of at least 4 members (excludes halogenated alkanes) is 2. The second-order valence-electron chi connectivity index (χ2n) is 9.25. The zero-order valence-electron chi connectivity index (χ0n) is 18.8. The van der Waals surface area contributed by atoms with E-state index in [9.17, 15) is 13.6 Å². The van der Waals surface area contributed by atoms with E-state index in [1.165, 1.54) is 81.7 Å². The lowest BCUT2D eigenvalue weighted by atomic mass is 9.70. The lowest BCUT2D eigenvalue weighted by Crippen LogP contribution is -2.31. The molecule has 1 atom stereocenters. The smallest absolute Gasteiger partial charge is 0.422 e. The molecule has 0 N–H and O–H groups in total. The second kappa shape index (κ2) is 11.1. The van der Waals surface area contributed by atoms with Crippen molar-refractivity contribution < 1.29 is 18.3 Å². The van der Waals surface area contributed by atoms with Crippen LogP contribution in [0.15, 0.2) is 48.6 Å². The third kappa shape index (κ3) is 6.51. The van der Waals surface area contributed by atoms with Gasteiger partial charge in [-0.1, -0.05) is 58.1 Å². The third-order valence-electron chi connectivity index (χ3n) is 7.17. The molecule has 3 rings (SSSR count). The minimum atomic E-state index is -3.31. The molecule has 0 aliphatic heterocycles. The van der Waals surface area contributed by atoms with E-state index in [0.717, 1.165) is 18.8 Å². The van der Waals surface area contributed by atoms with Crippen LogP contribution in [0, 0.1) is 17.8 Å². The first-order valence-electron chi connectivity index (χ1n) is 12.0. The number of ketones is 1. The third-order valence-corrected chi connectivity index (χ3v) is 7.17. The minimum Gasteiger partial charge on any atom is -0.429 e. The number of alkyl halides is 2. The van der Waals surface area contributed by atoms with Gasteiger partial charge < -0.3 is 4.74 Å². The van der Waals surface area contributed by atoms with Crippen LogP contribution >= 0.6 is 0 Å². The monoisotopic (exact) mass is 430 g/mol. The van der Waals surface area contributed by atoms with Gasteiger partial charge >= 0.3 is 6.11 Å². The highest BCUT2D eigenvalue weighted by Gasteiger charge is 2.39. The van der Waals surface area contributed by atoms with Crippen LogP contribution in [0.2, 0.25) is 0 Å². The molecular formula is C27H36F2O2. The zero-order chi connectivity index (χ0) is 22.3. The molecule has 2 aliphatic carbocycles. The van der Waals surface area contributed by atoms with E-state index < -0.39 is 6.11 Å². The van der Waals surface area contributed by atoms with Crippen molar-refractivity contribution in [3.05, 3.63) is 54.1 Å². The van der Waals surface area contributed by atoms with Gasteiger partial charge in [-0.25, -0.2) is 0 Å². The quantitative estimate of drug-likeness (QED) is 0.162. The standard InChI is InChI=1S/C27H36F2O2/c1-3-5-6-7-20-8-10-21(11-9-20)22-12-16-24(17-13-22)27(28,29)31-25-18-14-23(15-19-25)26(30)4-2/h4,14-16,18-22H,2-3,5-13,17H2,1H3. The van der Waals surface area contributed by atoms with Crippen molar-refractivity contribution in [2.24, 2.45) is 17.8 Å². The highest BCUT2D eigenvalue weighted by Crippen LogP contribution is 2.43. The summed E-state index contributed by atoms with van der Waals surface area (Å²) in [5.41, 5.74) is 0.494. The fourth-order valence-corrected chi connectivity index (χ4v) is 5.20. The van der Waals surface area contributed by atoms with Crippen molar-refractivity contribution in [3.63, 3.8) is 0 Å². The van der Waals surface area contributed by atoms with Crippen LogP contribution in [-0.4, -0.2) is 11.9 Å². The molecule has 0 spiro atoms. The average Bonchev–Trinajstić information content (AvgIpc) is 2.79. The molecule has 0 aromatic heterocycles. The normalized spacial score (nSPS) is 24.4. The van der Waals surface area contributed by atoms with Crippen LogP contribution < -0.4 is 4.74 Å². The summed E-state index contributed by atoms with van der Waals surface area (Å²) < 4.78 is 34.4. The molecule has 1 fully saturated rings. The predicted octanol–water partition coefficient (Wildman–Crippen LogP) is 8.14. The van der Waals surface area contributed by atoms with Gasteiger partial charge in [-0.15, -0.1) is 0 Å². The molecule has 0 amide bonds.